The van der Waals surface area contributed by atoms with Crippen LogP contribution in [0, 0.1) is 0 Å². The lowest BCUT2D eigenvalue weighted by atomic mass is 10.1. The van der Waals surface area contributed by atoms with Crippen LogP contribution in [-0.2, 0) is 6.42 Å². The summed E-state index contributed by atoms with van der Waals surface area (Å²) in [7, 11) is 0. The van der Waals surface area contributed by atoms with E-state index in [1.807, 2.05) is 97.1 Å². The molecule has 0 radical (unpaired) electrons. The van der Waals surface area contributed by atoms with Crippen LogP contribution in [0.25, 0.3) is 95.5 Å². The molecule has 348 valence electrons. The summed E-state index contributed by atoms with van der Waals surface area (Å²) >= 11 is 3.48. The topological polar surface area (TPSA) is 66.3 Å². The van der Waals surface area contributed by atoms with Crippen molar-refractivity contribution in [3.8, 4) is 73.7 Å². The standard InChI is InChI=1S/C32H22N4.C20H14BrN3.C13H10/c1-3-11-23(12-4-1)31-33-34-32(36(31)25-13-5-2-6-14-25)24-19-21-26(22-20-24)35-29-17-9-7-15-27(29)28-16-8-10-18-30(28)35;21-17-13-11-16(12-14-17)20-23-22-19(15-7-3-1-4-8-15)24(20)18-9-5-2-6-10-18;1-3-7-12-10(5-1)9-11-6-2-4-8-13(11)12/h1-22H;1-14H;1-8H,9H2. The Labute approximate surface area is 432 Å². The van der Waals surface area contributed by atoms with E-state index in [4.69, 9.17) is 0 Å². The highest BCUT2D eigenvalue weighted by molar-refractivity contribution is 9.10. The van der Waals surface area contributed by atoms with Gasteiger partial charge in [-0.15, -0.1) is 20.4 Å². The van der Waals surface area contributed by atoms with Crippen LogP contribution in [0.5, 0.6) is 0 Å². The highest BCUT2D eigenvalue weighted by atomic mass is 79.9. The zero-order chi connectivity index (χ0) is 48.9. The van der Waals surface area contributed by atoms with Crippen LogP contribution in [0.4, 0.5) is 0 Å². The molecule has 0 bridgehead atoms. The van der Waals surface area contributed by atoms with Crippen LogP contribution in [0.2, 0.25) is 0 Å². The van der Waals surface area contributed by atoms with E-state index in [1.54, 1.807) is 0 Å². The summed E-state index contributed by atoms with van der Waals surface area (Å²) in [5, 5.41) is 20.7. The quantitative estimate of drug-likeness (QED) is 0.160. The van der Waals surface area contributed by atoms with Gasteiger partial charge in [0.1, 0.15) is 0 Å². The van der Waals surface area contributed by atoms with Crippen molar-refractivity contribution < 1.29 is 0 Å². The Morgan fingerprint density at radius 3 is 1.01 bits per heavy atom. The number of hydrogen-bond donors (Lipinski definition) is 0. The number of benzene rings is 10. The fraction of sp³-hybridized carbons (Fsp3) is 0.0154. The summed E-state index contributed by atoms with van der Waals surface area (Å²) < 4.78 is 7.59. The molecule has 7 nitrogen and oxygen atoms in total. The van der Waals surface area contributed by atoms with Gasteiger partial charge in [-0.05, 0) is 101 Å². The summed E-state index contributed by atoms with van der Waals surface area (Å²) in [5.41, 5.74) is 15.4. The molecular weight excluding hydrogens is 959 g/mol. The van der Waals surface area contributed by atoms with E-state index in [-0.39, 0.29) is 0 Å². The van der Waals surface area contributed by atoms with Crippen molar-refractivity contribution in [1.29, 1.82) is 0 Å². The second-order valence-corrected chi connectivity index (χ2v) is 18.6. The first-order valence-electron chi connectivity index (χ1n) is 24.3. The summed E-state index contributed by atoms with van der Waals surface area (Å²) in [4.78, 5) is 0. The lowest BCUT2D eigenvalue weighted by Crippen LogP contribution is -2.00. The molecule has 0 aliphatic heterocycles. The molecule has 0 saturated heterocycles. The summed E-state index contributed by atoms with van der Waals surface area (Å²) in [6, 6.07) is 92.0. The molecule has 0 spiro atoms. The second kappa shape index (κ2) is 20.2. The highest BCUT2D eigenvalue weighted by Gasteiger charge is 2.20. The van der Waals surface area contributed by atoms with E-state index in [9.17, 15) is 0 Å². The zero-order valence-electron chi connectivity index (χ0n) is 39.6. The fourth-order valence-corrected chi connectivity index (χ4v) is 10.0. The second-order valence-electron chi connectivity index (χ2n) is 17.7. The molecule has 0 unspecified atom stereocenters. The summed E-state index contributed by atoms with van der Waals surface area (Å²) in [6.07, 6.45) is 1.10. The molecule has 13 aromatic rings. The van der Waals surface area contributed by atoms with Crippen molar-refractivity contribution in [1.82, 2.24) is 34.1 Å². The predicted octanol–water partition coefficient (Wildman–Crippen LogP) is 16.3. The van der Waals surface area contributed by atoms with E-state index >= 15 is 0 Å². The molecule has 10 aromatic carbocycles. The largest absolute Gasteiger partial charge is 0.309 e. The number of aromatic nitrogens is 7. The molecule has 3 heterocycles. The van der Waals surface area contributed by atoms with Gasteiger partial charge >= 0.3 is 0 Å². The van der Waals surface area contributed by atoms with Crippen molar-refractivity contribution in [3.63, 3.8) is 0 Å². The van der Waals surface area contributed by atoms with Gasteiger partial charge in [0.25, 0.3) is 0 Å². The molecule has 8 heteroatoms. The fourth-order valence-electron chi connectivity index (χ4n) is 9.77. The molecule has 3 aromatic heterocycles. The van der Waals surface area contributed by atoms with Crippen LogP contribution in [0.1, 0.15) is 11.1 Å². The average Bonchev–Trinajstić information content (AvgIpc) is 4.28. The Morgan fingerprint density at radius 1 is 0.274 bits per heavy atom. The van der Waals surface area contributed by atoms with E-state index in [1.165, 1.54) is 44.1 Å². The molecule has 14 rings (SSSR count). The number of nitrogens with zero attached hydrogens (tertiary/aromatic N) is 7. The molecule has 1 aliphatic carbocycles. The third kappa shape index (κ3) is 8.97. The molecule has 0 amide bonds. The Morgan fingerprint density at radius 2 is 0.589 bits per heavy atom. The summed E-state index contributed by atoms with van der Waals surface area (Å²) in [6.45, 7) is 0. The maximum atomic E-state index is 4.64. The van der Waals surface area contributed by atoms with Crippen LogP contribution in [0.3, 0.4) is 0 Å². The van der Waals surface area contributed by atoms with Gasteiger partial charge in [-0.3, -0.25) is 9.13 Å². The van der Waals surface area contributed by atoms with Crippen molar-refractivity contribution in [2.75, 3.05) is 0 Å². The zero-order valence-corrected chi connectivity index (χ0v) is 41.2. The molecule has 0 N–H and O–H groups in total. The minimum absolute atomic E-state index is 0.814. The lowest BCUT2D eigenvalue weighted by Gasteiger charge is -2.12. The van der Waals surface area contributed by atoms with Gasteiger partial charge in [-0.1, -0.05) is 210 Å². The third-order valence-corrected chi connectivity index (χ3v) is 13.7. The molecule has 0 fully saturated rings. The number of hydrogen-bond acceptors (Lipinski definition) is 4. The predicted molar refractivity (Wildman–Crippen MR) is 301 cm³/mol. The molecule has 0 atom stereocenters. The first-order chi connectivity index (χ1) is 36.2. The van der Waals surface area contributed by atoms with Crippen LogP contribution in [-0.4, -0.2) is 34.1 Å². The minimum Gasteiger partial charge on any atom is -0.309 e. The monoisotopic (exact) mass is 1000 g/mol. The average molecular weight is 1010 g/mol. The van der Waals surface area contributed by atoms with Crippen molar-refractivity contribution in [2.24, 2.45) is 0 Å². The summed E-state index contributed by atoms with van der Waals surface area (Å²) in [5.74, 6) is 3.30. The van der Waals surface area contributed by atoms with Crippen molar-refractivity contribution >= 4 is 37.7 Å². The van der Waals surface area contributed by atoms with Crippen molar-refractivity contribution in [3.05, 3.63) is 283 Å². The maximum Gasteiger partial charge on any atom is 0.168 e. The van der Waals surface area contributed by atoms with Gasteiger partial charge in [0.15, 0.2) is 23.3 Å². The van der Waals surface area contributed by atoms with Gasteiger partial charge < -0.3 is 4.57 Å². The smallest absolute Gasteiger partial charge is 0.168 e. The Hall–Kier alpha value is -9.24. The third-order valence-electron chi connectivity index (χ3n) is 13.2. The molecular formula is C65H46BrN7. The molecule has 0 saturated carbocycles. The van der Waals surface area contributed by atoms with Crippen LogP contribution < -0.4 is 0 Å². The number of para-hydroxylation sites is 4. The van der Waals surface area contributed by atoms with Gasteiger partial charge in [0.2, 0.25) is 0 Å². The first kappa shape index (κ1) is 44.9. The first-order valence-corrected chi connectivity index (χ1v) is 25.1. The molecule has 73 heavy (non-hydrogen) atoms. The lowest BCUT2D eigenvalue weighted by molar-refractivity contribution is 1.07. The Bertz CT molecular complexity index is 3880. The van der Waals surface area contributed by atoms with E-state index < -0.39 is 0 Å². The van der Waals surface area contributed by atoms with Crippen molar-refractivity contribution in [2.45, 2.75) is 6.42 Å². The van der Waals surface area contributed by atoms with Gasteiger partial charge in [-0.2, -0.15) is 0 Å². The van der Waals surface area contributed by atoms with E-state index in [0.717, 1.165) is 73.5 Å². The normalized spacial score (nSPS) is 11.3. The van der Waals surface area contributed by atoms with Gasteiger partial charge in [0.05, 0.1) is 11.0 Å². The Balaban J connectivity index is 0.000000125. The number of halogens is 1. The molecule has 1 aliphatic rings. The highest BCUT2D eigenvalue weighted by Crippen LogP contribution is 2.37. The minimum atomic E-state index is 0.814. The van der Waals surface area contributed by atoms with Crippen LogP contribution in [0.15, 0.2) is 271 Å². The number of rotatable bonds is 7. The van der Waals surface area contributed by atoms with Crippen LogP contribution >= 0.6 is 15.9 Å². The Kier molecular flexibility index (Phi) is 12.5. The van der Waals surface area contributed by atoms with E-state index in [0.29, 0.717) is 0 Å². The van der Waals surface area contributed by atoms with E-state index in [2.05, 4.69) is 220 Å². The van der Waals surface area contributed by atoms with Gasteiger partial charge in [0, 0.05) is 54.6 Å². The SMILES string of the molecule is Brc1ccc(-c2nnc(-c3ccccc3)n2-c2ccccc2)cc1.c1ccc(-c2nnc(-c3ccc(-n4c5ccccc5c5ccccc54)cc3)n2-c2ccccc2)cc1.c1ccc2c(c1)Cc1ccccc1-2. The van der Waals surface area contributed by atoms with Gasteiger partial charge in [-0.25, -0.2) is 0 Å². The maximum absolute atomic E-state index is 4.64. The number of fused-ring (bicyclic) bond motifs is 6.